The standard InChI is InChI=1S/C15H16N2O3/c1-3-19-15(18)11-6-7-14(12(16)9-11)20-13-5-4-8-17-10(13)2/h4-9H,3,16H2,1-2H3. The maximum atomic E-state index is 11.6. The second-order valence-electron chi connectivity index (χ2n) is 4.16. The van der Waals surface area contributed by atoms with E-state index < -0.39 is 5.97 Å². The van der Waals surface area contributed by atoms with Crippen molar-refractivity contribution in [1.82, 2.24) is 4.98 Å². The molecule has 104 valence electrons. The van der Waals surface area contributed by atoms with E-state index in [9.17, 15) is 4.79 Å². The van der Waals surface area contributed by atoms with Crippen LogP contribution < -0.4 is 10.5 Å². The third-order valence-electron chi connectivity index (χ3n) is 2.70. The zero-order valence-corrected chi connectivity index (χ0v) is 11.4. The van der Waals surface area contributed by atoms with E-state index in [1.54, 1.807) is 43.5 Å². The van der Waals surface area contributed by atoms with Crippen LogP contribution in [-0.2, 0) is 4.74 Å². The number of benzene rings is 1. The van der Waals surface area contributed by atoms with Gasteiger partial charge in [-0.1, -0.05) is 0 Å². The molecule has 0 aliphatic rings. The van der Waals surface area contributed by atoms with Gasteiger partial charge in [0.15, 0.2) is 0 Å². The summed E-state index contributed by atoms with van der Waals surface area (Å²) < 4.78 is 10.6. The Hall–Kier alpha value is -2.56. The van der Waals surface area contributed by atoms with Crippen LogP contribution in [0.2, 0.25) is 0 Å². The summed E-state index contributed by atoms with van der Waals surface area (Å²) in [6.45, 7) is 3.92. The average molecular weight is 272 g/mol. The lowest BCUT2D eigenvalue weighted by Gasteiger charge is -2.11. The number of nitrogens with two attached hydrogens (primary N) is 1. The minimum absolute atomic E-state index is 0.325. The molecule has 2 rings (SSSR count). The van der Waals surface area contributed by atoms with Crippen LogP contribution in [0.5, 0.6) is 11.5 Å². The van der Waals surface area contributed by atoms with Crippen molar-refractivity contribution in [1.29, 1.82) is 0 Å². The predicted molar refractivity (Wildman–Crippen MR) is 75.9 cm³/mol. The van der Waals surface area contributed by atoms with E-state index in [2.05, 4.69) is 4.98 Å². The van der Waals surface area contributed by atoms with E-state index in [0.717, 1.165) is 5.69 Å². The minimum Gasteiger partial charge on any atom is -0.462 e. The first-order valence-electron chi connectivity index (χ1n) is 6.28. The summed E-state index contributed by atoms with van der Waals surface area (Å²) in [6, 6.07) is 8.40. The summed E-state index contributed by atoms with van der Waals surface area (Å²) in [5.74, 6) is 0.709. The van der Waals surface area contributed by atoms with Crippen LogP contribution in [0.3, 0.4) is 0 Å². The van der Waals surface area contributed by atoms with Gasteiger partial charge in [0.2, 0.25) is 0 Å². The van der Waals surface area contributed by atoms with Crippen molar-refractivity contribution in [2.45, 2.75) is 13.8 Å². The molecule has 0 saturated heterocycles. The molecule has 0 amide bonds. The number of esters is 1. The normalized spacial score (nSPS) is 10.1. The fraction of sp³-hybridized carbons (Fsp3) is 0.200. The lowest BCUT2D eigenvalue weighted by molar-refractivity contribution is 0.0526. The van der Waals surface area contributed by atoms with E-state index in [-0.39, 0.29) is 0 Å². The number of pyridine rings is 1. The number of nitrogens with zero attached hydrogens (tertiary/aromatic N) is 1. The lowest BCUT2D eigenvalue weighted by atomic mass is 10.2. The number of hydrogen-bond donors (Lipinski definition) is 1. The number of carbonyl (C=O) groups excluding carboxylic acids is 1. The first kappa shape index (κ1) is 13.9. The van der Waals surface area contributed by atoms with Crippen molar-refractivity contribution < 1.29 is 14.3 Å². The second kappa shape index (κ2) is 6.06. The van der Waals surface area contributed by atoms with E-state index in [1.165, 1.54) is 0 Å². The van der Waals surface area contributed by atoms with Gasteiger partial charge in [0.05, 0.1) is 23.6 Å². The van der Waals surface area contributed by atoms with Crippen molar-refractivity contribution >= 4 is 11.7 Å². The zero-order valence-electron chi connectivity index (χ0n) is 11.4. The molecule has 0 unspecified atom stereocenters. The fourth-order valence-corrected chi connectivity index (χ4v) is 1.68. The number of nitrogen functional groups attached to an aromatic ring is 1. The molecule has 0 radical (unpaired) electrons. The molecule has 0 atom stereocenters. The molecule has 0 fully saturated rings. The van der Waals surface area contributed by atoms with Crippen LogP contribution in [-0.4, -0.2) is 17.6 Å². The van der Waals surface area contributed by atoms with Crippen LogP contribution in [0.1, 0.15) is 23.0 Å². The van der Waals surface area contributed by atoms with Gasteiger partial charge in [0.25, 0.3) is 0 Å². The molecule has 1 aromatic carbocycles. The summed E-state index contributed by atoms with van der Waals surface area (Å²) in [7, 11) is 0. The number of hydrogen-bond acceptors (Lipinski definition) is 5. The highest BCUT2D eigenvalue weighted by Crippen LogP contribution is 2.29. The van der Waals surface area contributed by atoms with E-state index in [0.29, 0.717) is 29.4 Å². The fourth-order valence-electron chi connectivity index (χ4n) is 1.68. The Morgan fingerprint density at radius 3 is 2.75 bits per heavy atom. The molecule has 0 bridgehead atoms. The maximum absolute atomic E-state index is 11.6. The van der Waals surface area contributed by atoms with E-state index >= 15 is 0 Å². The summed E-state index contributed by atoms with van der Waals surface area (Å²) in [4.78, 5) is 15.7. The van der Waals surface area contributed by atoms with Gasteiger partial charge in [0, 0.05) is 6.20 Å². The quantitative estimate of drug-likeness (QED) is 0.684. The molecule has 1 heterocycles. The van der Waals surface area contributed by atoms with Gasteiger partial charge in [-0.15, -0.1) is 0 Å². The van der Waals surface area contributed by atoms with Gasteiger partial charge in [0.1, 0.15) is 11.5 Å². The molecule has 1 aromatic heterocycles. The second-order valence-corrected chi connectivity index (χ2v) is 4.16. The number of aryl methyl sites for hydroxylation is 1. The van der Waals surface area contributed by atoms with Crippen molar-refractivity contribution in [3.63, 3.8) is 0 Å². The number of anilines is 1. The SMILES string of the molecule is CCOC(=O)c1ccc(Oc2cccnc2C)c(N)c1. The van der Waals surface area contributed by atoms with E-state index in [4.69, 9.17) is 15.2 Å². The summed E-state index contributed by atoms with van der Waals surface area (Å²) in [5, 5.41) is 0. The van der Waals surface area contributed by atoms with Gasteiger partial charge in [-0.25, -0.2) is 4.79 Å². The van der Waals surface area contributed by atoms with Crippen molar-refractivity contribution in [3.05, 3.63) is 47.8 Å². The highest BCUT2D eigenvalue weighted by atomic mass is 16.5. The first-order valence-corrected chi connectivity index (χ1v) is 6.28. The maximum Gasteiger partial charge on any atom is 0.338 e. The number of rotatable bonds is 4. The molecule has 0 aliphatic carbocycles. The molecular formula is C15H16N2O3. The molecule has 0 aliphatic heterocycles. The summed E-state index contributed by atoms with van der Waals surface area (Å²) in [5.41, 5.74) is 7.44. The highest BCUT2D eigenvalue weighted by molar-refractivity contribution is 5.91. The molecule has 2 aromatic rings. The van der Waals surface area contributed by atoms with Crippen LogP contribution in [0.15, 0.2) is 36.5 Å². The van der Waals surface area contributed by atoms with Crippen molar-refractivity contribution in [2.75, 3.05) is 12.3 Å². The number of aromatic nitrogens is 1. The molecule has 5 nitrogen and oxygen atoms in total. The van der Waals surface area contributed by atoms with Crippen molar-refractivity contribution in [3.8, 4) is 11.5 Å². The zero-order chi connectivity index (χ0) is 14.5. The number of ether oxygens (including phenoxy) is 2. The van der Waals surface area contributed by atoms with Crippen molar-refractivity contribution in [2.24, 2.45) is 0 Å². The Morgan fingerprint density at radius 1 is 1.30 bits per heavy atom. The predicted octanol–water partition coefficient (Wildman–Crippen LogP) is 2.94. The number of carbonyl (C=O) groups is 1. The van der Waals surface area contributed by atoms with Crippen LogP contribution in [0.25, 0.3) is 0 Å². The Balaban J connectivity index is 2.22. The smallest absolute Gasteiger partial charge is 0.338 e. The molecule has 2 N–H and O–H groups in total. The Kier molecular flexibility index (Phi) is 4.20. The van der Waals surface area contributed by atoms with Crippen LogP contribution in [0.4, 0.5) is 5.69 Å². The topological polar surface area (TPSA) is 74.4 Å². The van der Waals surface area contributed by atoms with Crippen LogP contribution >= 0.6 is 0 Å². The minimum atomic E-state index is -0.400. The largest absolute Gasteiger partial charge is 0.462 e. The monoisotopic (exact) mass is 272 g/mol. The molecule has 20 heavy (non-hydrogen) atoms. The molecule has 0 spiro atoms. The van der Waals surface area contributed by atoms with Gasteiger partial charge in [-0.2, -0.15) is 0 Å². The third-order valence-corrected chi connectivity index (χ3v) is 2.70. The van der Waals surface area contributed by atoms with Gasteiger partial charge >= 0.3 is 5.97 Å². The van der Waals surface area contributed by atoms with Gasteiger partial charge < -0.3 is 15.2 Å². The first-order chi connectivity index (χ1) is 9.61. The summed E-state index contributed by atoms with van der Waals surface area (Å²) >= 11 is 0. The van der Waals surface area contributed by atoms with Crippen LogP contribution in [0, 0.1) is 6.92 Å². The van der Waals surface area contributed by atoms with E-state index in [1.807, 2.05) is 6.92 Å². The highest BCUT2D eigenvalue weighted by Gasteiger charge is 2.11. The summed E-state index contributed by atoms with van der Waals surface area (Å²) in [6.07, 6.45) is 1.69. The average Bonchev–Trinajstić information content (AvgIpc) is 2.43. The molecule has 5 heteroatoms. The molecular weight excluding hydrogens is 256 g/mol. The Labute approximate surface area is 117 Å². The Bertz CT molecular complexity index is 626. The van der Waals surface area contributed by atoms with Gasteiger partial charge in [-0.3, -0.25) is 4.98 Å². The third kappa shape index (κ3) is 3.06. The Morgan fingerprint density at radius 2 is 2.10 bits per heavy atom. The van der Waals surface area contributed by atoms with Gasteiger partial charge in [-0.05, 0) is 44.2 Å². The molecule has 0 saturated carbocycles. The lowest BCUT2D eigenvalue weighted by Crippen LogP contribution is -2.05.